The average molecular weight is 379 g/mol. The molecule has 1 N–H and O–H groups in total. The largest absolute Gasteiger partial charge is 0.351 e. The summed E-state index contributed by atoms with van der Waals surface area (Å²) in [5, 5.41) is 2.63. The maximum Gasteiger partial charge on any atom is 0.251 e. The maximum absolute atomic E-state index is 12.1. The summed E-state index contributed by atoms with van der Waals surface area (Å²) in [7, 11) is -3.07. The number of thioether (sulfide) groups is 1. The fourth-order valence-electron chi connectivity index (χ4n) is 2.21. The van der Waals surface area contributed by atoms with Crippen molar-refractivity contribution in [2.75, 3.05) is 24.3 Å². The van der Waals surface area contributed by atoms with Crippen molar-refractivity contribution in [2.45, 2.75) is 12.7 Å². The van der Waals surface area contributed by atoms with Crippen LogP contribution in [0.1, 0.15) is 22.8 Å². The van der Waals surface area contributed by atoms with Crippen LogP contribution in [-0.4, -0.2) is 43.6 Å². The lowest BCUT2D eigenvalue weighted by Crippen LogP contribution is -2.29. The zero-order chi connectivity index (χ0) is 18.3. The Labute approximate surface area is 153 Å². The Balaban J connectivity index is 1.98. The van der Waals surface area contributed by atoms with Gasteiger partial charge in [-0.25, -0.2) is 8.42 Å². The van der Waals surface area contributed by atoms with E-state index >= 15 is 0 Å². The van der Waals surface area contributed by atoms with E-state index in [4.69, 9.17) is 0 Å². The first-order chi connectivity index (χ1) is 11.9. The highest BCUT2D eigenvalue weighted by Crippen LogP contribution is 2.19. The van der Waals surface area contributed by atoms with E-state index in [0.29, 0.717) is 5.56 Å². The Morgan fingerprint density at radius 3 is 2.44 bits per heavy atom. The molecule has 1 heterocycles. The zero-order valence-electron chi connectivity index (χ0n) is 14.4. The van der Waals surface area contributed by atoms with Gasteiger partial charge in [0.2, 0.25) is 0 Å². The van der Waals surface area contributed by atoms with Gasteiger partial charge in [0.05, 0.1) is 11.4 Å². The lowest BCUT2D eigenvalue weighted by molar-refractivity contribution is 0.0956. The third-order valence-electron chi connectivity index (χ3n) is 3.72. The van der Waals surface area contributed by atoms with E-state index in [1.165, 1.54) is 5.56 Å². The van der Waals surface area contributed by atoms with Crippen LogP contribution < -0.4 is 5.32 Å². The molecule has 0 aliphatic heterocycles. The number of pyridine rings is 1. The summed E-state index contributed by atoms with van der Waals surface area (Å²) in [6.45, 7) is 1.72. The monoisotopic (exact) mass is 378 g/mol. The van der Waals surface area contributed by atoms with Crippen molar-refractivity contribution in [1.29, 1.82) is 0 Å². The smallest absolute Gasteiger partial charge is 0.251 e. The zero-order valence-corrected chi connectivity index (χ0v) is 16.0. The number of aromatic nitrogens is 1. The molecule has 0 saturated heterocycles. The van der Waals surface area contributed by atoms with Gasteiger partial charge in [0.15, 0.2) is 9.84 Å². The molecule has 5 nitrogen and oxygen atoms in total. The average Bonchev–Trinajstić information content (AvgIpc) is 2.62. The lowest BCUT2D eigenvalue weighted by atomic mass is 10.1. The summed E-state index contributed by atoms with van der Waals surface area (Å²) >= 11 is 1.75. The number of benzene rings is 1. The molecule has 2 rings (SSSR count). The van der Waals surface area contributed by atoms with E-state index in [1.807, 2.05) is 30.5 Å². The van der Waals surface area contributed by atoms with Crippen LogP contribution in [0.4, 0.5) is 0 Å². The van der Waals surface area contributed by atoms with Crippen LogP contribution in [0.25, 0.3) is 11.3 Å². The highest BCUT2D eigenvalue weighted by molar-refractivity contribution is 7.97. The molecule has 0 atom stereocenters. The Hall–Kier alpha value is -1.86. The predicted octanol–water partition coefficient (Wildman–Crippen LogP) is 2.78. The highest BCUT2D eigenvalue weighted by Gasteiger charge is 2.10. The van der Waals surface area contributed by atoms with E-state index in [9.17, 15) is 13.2 Å². The van der Waals surface area contributed by atoms with Crippen molar-refractivity contribution < 1.29 is 13.2 Å². The summed E-state index contributed by atoms with van der Waals surface area (Å²) in [5.41, 5.74) is 3.46. The molecule has 0 fully saturated rings. The number of amides is 1. The van der Waals surface area contributed by atoms with Gasteiger partial charge in [-0.1, -0.05) is 25.1 Å². The van der Waals surface area contributed by atoms with Gasteiger partial charge in [-0.3, -0.25) is 9.78 Å². The first-order valence-electron chi connectivity index (χ1n) is 7.98. The number of sulfone groups is 1. The summed E-state index contributed by atoms with van der Waals surface area (Å²) in [4.78, 5) is 16.5. The molecule has 1 amide bonds. The van der Waals surface area contributed by atoms with Crippen molar-refractivity contribution >= 4 is 27.5 Å². The van der Waals surface area contributed by atoms with Crippen molar-refractivity contribution in [3.63, 3.8) is 0 Å². The van der Waals surface area contributed by atoms with Crippen LogP contribution in [0, 0.1) is 0 Å². The minimum absolute atomic E-state index is 0.0420. The van der Waals surface area contributed by atoms with Crippen LogP contribution in [0.3, 0.4) is 0 Å². The Morgan fingerprint density at radius 1 is 1.16 bits per heavy atom. The van der Waals surface area contributed by atoms with E-state index in [2.05, 4.69) is 16.6 Å². The van der Waals surface area contributed by atoms with Gasteiger partial charge < -0.3 is 5.32 Å². The van der Waals surface area contributed by atoms with Gasteiger partial charge in [-0.15, -0.1) is 0 Å². The molecule has 0 aliphatic rings. The van der Waals surface area contributed by atoms with Crippen molar-refractivity contribution in [3.05, 3.63) is 53.7 Å². The molecule has 1 aromatic carbocycles. The fraction of sp³-hybridized carbons (Fsp3) is 0.333. The number of nitrogens with one attached hydrogen (secondary N) is 1. The van der Waals surface area contributed by atoms with E-state index < -0.39 is 9.84 Å². The third-order valence-corrected chi connectivity index (χ3v) is 6.04. The first-order valence-corrected chi connectivity index (χ1v) is 11.2. The summed E-state index contributed by atoms with van der Waals surface area (Å²) in [5.74, 6) is 0.696. The van der Waals surface area contributed by atoms with Crippen LogP contribution in [0.2, 0.25) is 0 Å². The van der Waals surface area contributed by atoms with Crippen molar-refractivity contribution in [2.24, 2.45) is 0 Å². The second-order valence-corrected chi connectivity index (χ2v) is 8.89. The highest BCUT2D eigenvalue weighted by atomic mass is 32.2. The molecule has 0 radical (unpaired) electrons. The normalized spacial score (nSPS) is 11.3. The molecule has 1 aromatic heterocycles. The number of hydrogen-bond donors (Lipinski definition) is 1. The first kappa shape index (κ1) is 19.5. The standard InChI is InChI=1S/C18H22N2O3S2/c1-3-25(22,23)11-10-19-18(21)16-7-5-15(6-8-16)17-9-4-14(12-20-17)13-24-2/h4-9,12H,3,10-11,13H2,1-2H3,(H,19,21). The van der Waals surface area contributed by atoms with Crippen LogP contribution in [0.5, 0.6) is 0 Å². The topological polar surface area (TPSA) is 76.1 Å². The van der Waals surface area contributed by atoms with Gasteiger partial charge in [0, 0.05) is 35.4 Å². The number of carbonyl (C=O) groups excluding carboxylic acids is 1. The molecule has 0 unspecified atom stereocenters. The molecular weight excluding hydrogens is 356 g/mol. The summed E-state index contributed by atoms with van der Waals surface area (Å²) in [6.07, 6.45) is 3.91. The van der Waals surface area contributed by atoms with Gasteiger partial charge in [0.1, 0.15) is 0 Å². The van der Waals surface area contributed by atoms with Gasteiger partial charge in [0.25, 0.3) is 5.91 Å². The van der Waals surface area contributed by atoms with Crippen molar-refractivity contribution in [1.82, 2.24) is 10.3 Å². The molecule has 7 heteroatoms. The Kier molecular flexibility index (Phi) is 7.01. The predicted molar refractivity (Wildman–Crippen MR) is 104 cm³/mol. The summed E-state index contributed by atoms with van der Waals surface area (Å²) in [6, 6.07) is 11.1. The Morgan fingerprint density at radius 2 is 1.88 bits per heavy atom. The quantitative estimate of drug-likeness (QED) is 0.764. The van der Waals surface area contributed by atoms with Gasteiger partial charge in [-0.05, 0) is 30.0 Å². The van der Waals surface area contributed by atoms with E-state index in [1.54, 1.807) is 30.8 Å². The second-order valence-electron chi connectivity index (χ2n) is 5.55. The fourth-order valence-corrected chi connectivity index (χ4v) is 3.41. The van der Waals surface area contributed by atoms with Crippen LogP contribution in [0.15, 0.2) is 42.6 Å². The minimum Gasteiger partial charge on any atom is -0.351 e. The number of hydrogen-bond acceptors (Lipinski definition) is 5. The molecule has 134 valence electrons. The lowest BCUT2D eigenvalue weighted by Gasteiger charge is -2.07. The van der Waals surface area contributed by atoms with Gasteiger partial charge in [-0.2, -0.15) is 11.8 Å². The van der Waals surface area contributed by atoms with Crippen molar-refractivity contribution in [3.8, 4) is 11.3 Å². The SMILES string of the molecule is CCS(=O)(=O)CCNC(=O)c1ccc(-c2ccc(CSC)cn2)cc1. The van der Waals surface area contributed by atoms with E-state index in [-0.39, 0.29) is 24.0 Å². The van der Waals surface area contributed by atoms with E-state index in [0.717, 1.165) is 17.0 Å². The molecule has 0 aliphatic carbocycles. The van der Waals surface area contributed by atoms with Gasteiger partial charge >= 0.3 is 0 Å². The molecule has 0 bridgehead atoms. The molecule has 2 aromatic rings. The maximum atomic E-state index is 12.1. The second kappa shape index (κ2) is 9.01. The molecule has 0 spiro atoms. The van der Waals surface area contributed by atoms with Crippen LogP contribution >= 0.6 is 11.8 Å². The minimum atomic E-state index is -3.07. The molecular formula is C18H22N2O3S2. The number of rotatable bonds is 8. The number of nitrogens with zero attached hydrogens (tertiary/aromatic N) is 1. The Bertz CT molecular complexity index is 801. The molecule has 0 saturated carbocycles. The summed E-state index contributed by atoms with van der Waals surface area (Å²) < 4.78 is 22.8. The van der Waals surface area contributed by atoms with Crippen LogP contribution in [-0.2, 0) is 15.6 Å². The number of carbonyl (C=O) groups is 1. The molecule has 25 heavy (non-hydrogen) atoms. The third kappa shape index (κ3) is 5.86.